The smallest absolute Gasteiger partial charge is 0.329 e. The Morgan fingerprint density at radius 3 is 2.32 bits per heavy atom. The Labute approximate surface area is 151 Å². The second kappa shape index (κ2) is 9.86. The molecule has 2 N–H and O–H groups in total. The maximum atomic E-state index is 10.6. The fourth-order valence-electron chi connectivity index (χ4n) is 4.65. The number of ether oxygens (including phenoxy) is 1. The van der Waals surface area contributed by atoms with Crippen molar-refractivity contribution < 1.29 is 14.6 Å². The number of piperazine rings is 1. The maximum Gasteiger partial charge on any atom is 0.329 e. The molecule has 0 radical (unpaired) electrons. The summed E-state index contributed by atoms with van der Waals surface area (Å²) in [4.78, 5) is 15.9. The molecule has 0 bridgehead atoms. The van der Waals surface area contributed by atoms with Crippen molar-refractivity contribution >= 4 is 5.97 Å². The lowest BCUT2D eigenvalue weighted by molar-refractivity contribution is -0.145. The van der Waals surface area contributed by atoms with Gasteiger partial charge in [0.15, 0.2) is 0 Å². The summed E-state index contributed by atoms with van der Waals surface area (Å²) >= 11 is 0. The van der Waals surface area contributed by atoms with Gasteiger partial charge in [-0.1, -0.05) is 0 Å². The SMILES string of the molecule is O=C(O)COC1CCC(N2CCN(CCC3CCNCC3)CC2)CC1. The van der Waals surface area contributed by atoms with Crippen LogP contribution in [0.1, 0.15) is 44.9 Å². The second-order valence-electron chi connectivity index (χ2n) is 7.99. The summed E-state index contributed by atoms with van der Waals surface area (Å²) in [5.74, 6) is 0.0723. The lowest BCUT2D eigenvalue weighted by atomic mass is 9.91. The first-order chi connectivity index (χ1) is 12.2. The highest BCUT2D eigenvalue weighted by atomic mass is 16.5. The first-order valence-electron chi connectivity index (χ1n) is 10.2. The number of nitrogens with one attached hydrogen (secondary N) is 1. The number of carboxylic acids is 1. The standard InChI is InChI=1S/C19H35N3O3/c23-19(24)15-25-18-3-1-17(2-4-18)22-13-11-21(12-14-22)10-7-16-5-8-20-9-6-16/h16-18,20H,1-15H2,(H,23,24). The second-order valence-corrected chi connectivity index (χ2v) is 7.99. The van der Waals surface area contributed by atoms with E-state index in [1.54, 1.807) is 0 Å². The van der Waals surface area contributed by atoms with Gasteiger partial charge in [0.2, 0.25) is 0 Å². The highest BCUT2D eigenvalue weighted by Gasteiger charge is 2.29. The van der Waals surface area contributed by atoms with Crippen molar-refractivity contribution in [1.82, 2.24) is 15.1 Å². The molecule has 3 fully saturated rings. The molecule has 2 heterocycles. The number of nitrogens with zero attached hydrogens (tertiary/aromatic N) is 2. The minimum atomic E-state index is -0.859. The largest absolute Gasteiger partial charge is 0.480 e. The fraction of sp³-hybridized carbons (Fsp3) is 0.947. The normalized spacial score (nSPS) is 30.4. The Hall–Kier alpha value is -0.690. The van der Waals surface area contributed by atoms with Gasteiger partial charge < -0.3 is 20.1 Å². The molecule has 0 amide bonds. The Balaban J connectivity index is 1.29. The third-order valence-corrected chi connectivity index (χ3v) is 6.32. The third kappa shape index (κ3) is 6.20. The van der Waals surface area contributed by atoms with E-state index >= 15 is 0 Å². The van der Waals surface area contributed by atoms with Crippen LogP contribution in [0.5, 0.6) is 0 Å². The zero-order valence-electron chi connectivity index (χ0n) is 15.5. The monoisotopic (exact) mass is 353 g/mol. The minimum absolute atomic E-state index is 0.148. The van der Waals surface area contributed by atoms with Crippen LogP contribution in [0.25, 0.3) is 0 Å². The van der Waals surface area contributed by atoms with E-state index in [0.29, 0.717) is 6.04 Å². The lowest BCUT2D eigenvalue weighted by Crippen LogP contribution is -2.51. The van der Waals surface area contributed by atoms with Crippen molar-refractivity contribution in [3.05, 3.63) is 0 Å². The van der Waals surface area contributed by atoms with Gasteiger partial charge in [-0.15, -0.1) is 0 Å². The van der Waals surface area contributed by atoms with E-state index in [0.717, 1.165) is 31.6 Å². The Morgan fingerprint density at radius 1 is 1.00 bits per heavy atom. The topological polar surface area (TPSA) is 65.0 Å². The van der Waals surface area contributed by atoms with Gasteiger partial charge in [0.1, 0.15) is 6.61 Å². The number of rotatable bonds is 7. The van der Waals surface area contributed by atoms with Crippen molar-refractivity contribution in [2.24, 2.45) is 5.92 Å². The number of aliphatic carboxylic acids is 1. The van der Waals surface area contributed by atoms with E-state index in [-0.39, 0.29) is 12.7 Å². The van der Waals surface area contributed by atoms with Gasteiger partial charge in [-0.05, 0) is 70.5 Å². The molecule has 6 heteroatoms. The first-order valence-corrected chi connectivity index (χ1v) is 10.2. The van der Waals surface area contributed by atoms with Crippen molar-refractivity contribution in [1.29, 1.82) is 0 Å². The molecule has 0 aromatic heterocycles. The van der Waals surface area contributed by atoms with Gasteiger partial charge in [-0.25, -0.2) is 4.79 Å². The number of piperidine rings is 1. The van der Waals surface area contributed by atoms with E-state index in [4.69, 9.17) is 9.84 Å². The van der Waals surface area contributed by atoms with Gasteiger partial charge in [0, 0.05) is 32.2 Å². The lowest BCUT2D eigenvalue weighted by Gasteiger charge is -2.42. The first kappa shape index (κ1) is 19.1. The molecule has 2 aliphatic heterocycles. The van der Waals surface area contributed by atoms with Crippen LogP contribution in [0.3, 0.4) is 0 Å². The van der Waals surface area contributed by atoms with Gasteiger partial charge >= 0.3 is 5.97 Å². The van der Waals surface area contributed by atoms with Gasteiger partial charge in [0.25, 0.3) is 0 Å². The molecule has 25 heavy (non-hydrogen) atoms. The predicted molar refractivity (Wildman–Crippen MR) is 97.9 cm³/mol. The Kier molecular flexibility index (Phi) is 7.52. The van der Waals surface area contributed by atoms with Crippen LogP contribution >= 0.6 is 0 Å². The summed E-state index contributed by atoms with van der Waals surface area (Å²) in [6, 6.07) is 0.677. The maximum absolute atomic E-state index is 10.6. The van der Waals surface area contributed by atoms with Crippen LogP contribution in [0.15, 0.2) is 0 Å². The van der Waals surface area contributed by atoms with Crippen molar-refractivity contribution in [2.45, 2.75) is 57.1 Å². The van der Waals surface area contributed by atoms with Crippen LogP contribution in [0.4, 0.5) is 0 Å². The van der Waals surface area contributed by atoms with E-state index in [9.17, 15) is 4.79 Å². The van der Waals surface area contributed by atoms with Crippen LogP contribution in [-0.2, 0) is 9.53 Å². The van der Waals surface area contributed by atoms with E-state index in [1.165, 1.54) is 65.1 Å². The molecule has 6 nitrogen and oxygen atoms in total. The summed E-state index contributed by atoms with van der Waals surface area (Å²) in [6.45, 7) is 8.34. The predicted octanol–water partition coefficient (Wildman–Crippen LogP) is 1.41. The molecular weight excluding hydrogens is 318 g/mol. The Morgan fingerprint density at radius 2 is 1.68 bits per heavy atom. The molecular formula is C19H35N3O3. The van der Waals surface area contributed by atoms with Gasteiger partial charge in [-0.3, -0.25) is 4.90 Å². The molecule has 0 aromatic rings. The summed E-state index contributed by atoms with van der Waals surface area (Å²) in [5, 5.41) is 12.2. The summed E-state index contributed by atoms with van der Waals surface area (Å²) < 4.78 is 5.46. The molecule has 3 rings (SSSR count). The van der Waals surface area contributed by atoms with E-state index in [1.807, 2.05) is 0 Å². The van der Waals surface area contributed by atoms with Crippen LogP contribution in [0, 0.1) is 5.92 Å². The Bertz CT molecular complexity index is 399. The quantitative estimate of drug-likeness (QED) is 0.721. The van der Waals surface area contributed by atoms with Gasteiger partial charge in [-0.2, -0.15) is 0 Å². The van der Waals surface area contributed by atoms with Crippen molar-refractivity contribution in [3.63, 3.8) is 0 Å². The summed E-state index contributed by atoms with van der Waals surface area (Å²) in [6.07, 6.45) is 8.55. The zero-order valence-corrected chi connectivity index (χ0v) is 15.5. The molecule has 3 aliphatic rings. The molecule has 0 unspecified atom stereocenters. The average Bonchev–Trinajstić information content (AvgIpc) is 2.66. The third-order valence-electron chi connectivity index (χ3n) is 6.32. The van der Waals surface area contributed by atoms with Crippen molar-refractivity contribution in [2.75, 3.05) is 52.4 Å². The number of carbonyl (C=O) groups is 1. The fourth-order valence-corrected chi connectivity index (χ4v) is 4.65. The molecule has 144 valence electrons. The minimum Gasteiger partial charge on any atom is -0.480 e. The molecule has 0 aromatic carbocycles. The molecule has 1 aliphatic carbocycles. The molecule has 0 atom stereocenters. The average molecular weight is 354 g/mol. The molecule has 0 spiro atoms. The van der Waals surface area contributed by atoms with Crippen LogP contribution in [-0.4, -0.2) is 85.4 Å². The molecule has 2 saturated heterocycles. The summed E-state index contributed by atoms with van der Waals surface area (Å²) in [5.41, 5.74) is 0. The highest BCUT2D eigenvalue weighted by Crippen LogP contribution is 2.26. The van der Waals surface area contributed by atoms with Crippen LogP contribution in [0.2, 0.25) is 0 Å². The number of carboxylic acid groups (broad SMARTS) is 1. The van der Waals surface area contributed by atoms with Crippen LogP contribution < -0.4 is 5.32 Å². The number of hydrogen-bond donors (Lipinski definition) is 2. The van der Waals surface area contributed by atoms with E-state index < -0.39 is 5.97 Å². The zero-order chi connectivity index (χ0) is 17.5. The van der Waals surface area contributed by atoms with Gasteiger partial charge in [0.05, 0.1) is 6.10 Å². The van der Waals surface area contributed by atoms with Crippen molar-refractivity contribution in [3.8, 4) is 0 Å². The molecule has 1 saturated carbocycles. The number of hydrogen-bond acceptors (Lipinski definition) is 5. The summed E-state index contributed by atoms with van der Waals surface area (Å²) in [7, 11) is 0. The van der Waals surface area contributed by atoms with E-state index in [2.05, 4.69) is 15.1 Å². The highest BCUT2D eigenvalue weighted by molar-refractivity contribution is 5.68.